The highest BCUT2D eigenvalue weighted by Crippen LogP contribution is 2.43. The molecule has 2 fully saturated rings. The van der Waals surface area contributed by atoms with Gasteiger partial charge in [0.15, 0.2) is 0 Å². The minimum absolute atomic E-state index is 0.00290. The van der Waals surface area contributed by atoms with E-state index in [9.17, 15) is 13.8 Å². The molecule has 2 unspecified atom stereocenters. The number of carbonyl (C=O) groups excluding carboxylic acids is 2. The SMILES string of the molecule is CC.CCS(=O)NCC(C1CC1)N1C(=O)[C@@H](CC=O)CC[C@H]1c1ccc(Cl)cc1.Clc1ccccc1. The Hall–Kier alpha value is -1.73. The maximum absolute atomic E-state index is 13.3. The minimum atomic E-state index is -1.08. The zero-order valence-electron chi connectivity index (χ0n) is 21.4. The normalized spacial score (nSPS) is 20.8. The van der Waals surface area contributed by atoms with Gasteiger partial charge in [0, 0.05) is 40.7 Å². The predicted molar refractivity (Wildman–Crippen MR) is 150 cm³/mol. The van der Waals surface area contributed by atoms with Gasteiger partial charge in [0.1, 0.15) is 6.29 Å². The molecule has 1 heterocycles. The van der Waals surface area contributed by atoms with Crippen LogP contribution in [0.1, 0.15) is 64.5 Å². The van der Waals surface area contributed by atoms with Crippen LogP contribution < -0.4 is 4.72 Å². The Kier molecular flexibility index (Phi) is 13.7. The van der Waals surface area contributed by atoms with Crippen molar-refractivity contribution in [3.05, 3.63) is 70.2 Å². The van der Waals surface area contributed by atoms with E-state index < -0.39 is 11.0 Å². The molecule has 1 aliphatic carbocycles. The Morgan fingerprint density at radius 3 is 2.11 bits per heavy atom. The van der Waals surface area contributed by atoms with Crippen molar-refractivity contribution >= 4 is 46.4 Å². The highest BCUT2D eigenvalue weighted by Gasteiger charge is 2.45. The molecular formula is C28H38Cl2N2O3S. The Morgan fingerprint density at radius 2 is 1.61 bits per heavy atom. The molecule has 0 radical (unpaired) electrons. The topological polar surface area (TPSA) is 66.5 Å². The molecule has 1 aliphatic heterocycles. The van der Waals surface area contributed by atoms with Crippen molar-refractivity contribution in [3.63, 3.8) is 0 Å². The molecule has 1 saturated carbocycles. The Bertz CT molecular complexity index is 955. The zero-order valence-corrected chi connectivity index (χ0v) is 23.7. The number of carbonyl (C=O) groups is 2. The minimum Gasteiger partial charge on any atom is -0.331 e. The van der Waals surface area contributed by atoms with Crippen LogP contribution in [0.15, 0.2) is 54.6 Å². The average molecular weight is 554 g/mol. The number of halogens is 2. The number of likely N-dealkylation sites (tertiary alicyclic amines) is 1. The summed E-state index contributed by atoms with van der Waals surface area (Å²) in [6.45, 7) is 6.40. The largest absolute Gasteiger partial charge is 0.331 e. The van der Waals surface area contributed by atoms with Gasteiger partial charge in [-0.15, -0.1) is 0 Å². The number of hydrogen-bond acceptors (Lipinski definition) is 3. The van der Waals surface area contributed by atoms with Gasteiger partial charge in [0.05, 0.1) is 17.0 Å². The first kappa shape index (κ1) is 30.5. The lowest BCUT2D eigenvalue weighted by atomic mass is 9.85. The molecule has 198 valence electrons. The number of amides is 1. The van der Waals surface area contributed by atoms with Gasteiger partial charge < -0.3 is 9.69 Å². The fraction of sp³-hybridized carbons (Fsp3) is 0.500. The van der Waals surface area contributed by atoms with Crippen molar-refractivity contribution < 1.29 is 13.8 Å². The van der Waals surface area contributed by atoms with Gasteiger partial charge in [-0.2, -0.15) is 0 Å². The first-order valence-electron chi connectivity index (χ1n) is 12.8. The van der Waals surface area contributed by atoms with Crippen molar-refractivity contribution in [2.45, 2.75) is 65.0 Å². The Balaban J connectivity index is 0.000000431. The number of nitrogens with zero attached hydrogens (tertiary/aromatic N) is 1. The molecule has 0 bridgehead atoms. The van der Waals surface area contributed by atoms with Crippen molar-refractivity contribution in [2.75, 3.05) is 12.3 Å². The second kappa shape index (κ2) is 16.2. The van der Waals surface area contributed by atoms with Crippen LogP contribution in [0.4, 0.5) is 0 Å². The van der Waals surface area contributed by atoms with E-state index in [0.29, 0.717) is 29.7 Å². The molecule has 8 heteroatoms. The van der Waals surface area contributed by atoms with E-state index in [1.165, 1.54) is 0 Å². The molecule has 0 spiro atoms. The maximum Gasteiger partial charge on any atom is 0.226 e. The van der Waals surface area contributed by atoms with Gasteiger partial charge in [0.2, 0.25) is 5.91 Å². The van der Waals surface area contributed by atoms with Crippen LogP contribution in [0, 0.1) is 11.8 Å². The summed E-state index contributed by atoms with van der Waals surface area (Å²) in [4.78, 5) is 26.3. The maximum atomic E-state index is 13.3. The first-order valence-corrected chi connectivity index (χ1v) is 14.9. The number of nitrogens with one attached hydrogen (secondary N) is 1. The second-order valence-corrected chi connectivity index (χ2v) is 11.1. The molecule has 4 atom stereocenters. The molecule has 36 heavy (non-hydrogen) atoms. The van der Waals surface area contributed by atoms with Gasteiger partial charge in [0.25, 0.3) is 0 Å². The van der Waals surface area contributed by atoms with Crippen LogP contribution in [-0.2, 0) is 20.6 Å². The quantitative estimate of drug-likeness (QED) is 0.355. The van der Waals surface area contributed by atoms with E-state index in [4.69, 9.17) is 23.2 Å². The molecule has 4 rings (SSSR count). The van der Waals surface area contributed by atoms with Gasteiger partial charge in [-0.3, -0.25) is 4.79 Å². The smallest absolute Gasteiger partial charge is 0.226 e. The lowest BCUT2D eigenvalue weighted by Gasteiger charge is -2.44. The van der Waals surface area contributed by atoms with E-state index in [1.807, 2.05) is 80.3 Å². The molecule has 2 aliphatic rings. The van der Waals surface area contributed by atoms with Crippen LogP contribution in [0.5, 0.6) is 0 Å². The van der Waals surface area contributed by atoms with E-state index in [1.54, 1.807) is 0 Å². The van der Waals surface area contributed by atoms with Crippen LogP contribution in [-0.4, -0.2) is 39.6 Å². The molecule has 1 N–H and O–H groups in total. The van der Waals surface area contributed by atoms with Gasteiger partial charge in [-0.05, 0) is 61.4 Å². The van der Waals surface area contributed by atoms with E-state index >= 15 is 0 Å². The van der Waals surface area contributed by atoms with Gasteiger partial charge in [-0.1, -0.05) is 74.3 Å². The summed E-state index contributed by atoms with van der Waals surface area (Å²) < 4.78 is 15.0. The third-order valence-electron chi connectivity index (χ3n) is 6.34. The predicted octanol–water partition coefficient (Wildman–Crippen LogP) is 6.63. The van der Waals surface area contributed by atoms with Gasteiger partial charge in [-0.25, -0.2) is 8.93 Å². The summed E-state index contributed by atoms with van der Waals surface area (Å²) in [5.74, 6) is 0.776. The average Bonchev–Trinajstić information content (AvgIpc) is 3.74. The fourth-order valence-corrected chi connectivity index (χ4v) is 5.23. The molecule has 1 saturated heterocycles. The number of aldehydes is 1. The van der Waals surface area contributed by atoms with Crippen molar-refractivity contribution in [3.8, 4) is 0 Å². The highest BCUT2D eigenvalue weighted by atomic mass is 35.5. The van der Waals surface area contributed by atoms with Crippen molar-refractivity contribution in [2.24, 2.45) is 11.8 Å². The summed E-state index contributed by atoms with van der Waals surface area (Å²) in [5, 5.41) is 1.47. The van der Waals surface area contributed by atoms with Crippen LogP contribution in [0.3, 0.4) is 0 Å². The number of rotatable bonds is 9. The summed E-state index contributed by atoms with van der Waals surface area (Å²) in [6.07, 6.45) is 4.83. The number of benzene rings is 2. The molecule has 5 nitrogen and oxygen atoms in total. The van der Waals surface area contributed by atoms with Crippen LogP contribution in [0.25, 0.3) is 0 Å². The lowest BCUT2D eigenvalue weighted by Crippen LogP contribution is -2.53. The Morgan fingerprint density at radius 1 is 1.00 bits per heavy atom. The molecule has 1 amide bonds. The second-order valence-electron chi connectivity index (χ2n) is 8.67. The zero-order chi connectivity index (χ0) is 26.5. The molecule has 2 aromatic carbocycles. The fourth-order valence-electron chi connectivity index (χ4n) is 4.40. The standard InChI is InChI=1S/C20H27ClN2O3S.C6H5Cl.C2H6/c1-2-27(26)22-13-19(15-3-4-15)23-18(14-5-8-17(21)9-6-14)10-7-16(11-12-24)20(23)25;7-6-4-2-1-3-5-6;1-2/h5-6,8-9,12,15-16,18-19,22H,2-4,7,10-11,13H2,1H3;1-5H;1-2H3/t16-,18+,19?,27?;;/m1../s1. The Labute approximate surface area is 228 Å². The molecular weight excluding hydrogens is 515 g/mol. The van der Waals surface area contributed by atoms with Gasteiger partial charge >= 0.3 is 0 Å². The third-order valence-corrected chi connectivity index (χ3v) is 7.85. The number of piperidine rings is 1. The summed E-state index contributed by atoms with van der Waals surface area (Å²) in [5.41, 5.74) is 1.07. The monoisotopic (exact) mass is 552 g/mol. The molecule has 0 aromatic heterocycles. The van der Waals surface area contributed by atoms with Crippen molar-refractivity contribution in [1.82, 2.24) is 9.62 Å². The van der Waals surface area contributed by atoms with Crippen LogP contribution >= 0.6 is 23.2 Å². The van der Waals surface area contributed by atoms with Crippen LogP contribution in [0.2, 0.25) is 10.0 Å². The first-order chi connectivity index (χ1) is 17.4. The summed E-state index contributed by atoms with van der Waals surface area (Å²) >= 11 is 11.6. The van der Waals surface area contributed by atoms with E-state index in [0.717, 1.165) is 36.1 Å². The highest BCUT2D eigenvalue weighted by molar-refractivity contribution is 7.82. The summed E-state index contributed by atoms with van der Waals surface area (Å²) in [6, 6.07) is 17.1. The lowest BCUT2D eigenvalue weighted by molar-refractivity contribution is -0.147. The summed E-state index contributed by atoms with van der Waals surface area (Å²) in [7, 11) is -1.08. The third kappa shape index (κ3) is 9.29. The number of hydrogen-bond donors (Lipinski definition) is 1. The molecule has 2 aromatic rings. The van der Waals surface area contributed by atoms with Crippen molar-refractivity contribution in [1.29, 1.82) is 0 Å². The van der Waals surface area contributed by atoms with E-state index in [-0.39, 0.29) is 30.3 Å². The van der Waals surface area contributed by atoms with E-state index in [2.05, 4.69) is 4.72 Å².